The van der Waals surface area contributed by atoms with Gasteiger partial charge in [0, 0.05) is 11.1 Å². The molecule has 1 aliphatic carbocycles. The molecular formula is C18H11BrO5. The average molecular weight is 387 g/mol. The zero-order valence-electron chi connectivity index (χ0n) is 12.5. The SMILES string of the molecule is COC(=O)c1ccccc1OC1=C(Br)C(=O)c2ccccc2C1=O. The number of ketones is 2. The van der Waals surface area contributed by atoms with E-state index < -0.39 is 11.8 Å². The number of Topliss-reactive ketones (excluding diaryl/α,β-unsaturated/α-hetero) is 2. The van der Waals surface area contributed by atoms with Gasteiger partial charge in [-0.05, 0) is 28.1 Å². The van der Waals surface area contributed by atoms with Crippen molar-refractivity contribution in [2.75, 3.05) is 7.11 Å². The highest BCUT2D eigenvalue weighted by atomic mass is 79.9. The van der Waals surface area contributed by atoms with Crippen LogP contribution in [0.2, 0.25) is 0 Å². The molecule has 0 unspecified atom stereocenters. The van der Waals surface area contributed by atoms with Crippen molar-refractivity contribution < 1.29 is 23.9 Å². The Morgan fingerprint density at radius 2 is 1.50 bits per heavy atom. The molecule has 3 rings (SSSR count). The standard InChI is InChI=1S/C18H11BrO5/c1-23-18(22)12-8-4-5-9-13(12)24-17-14(19)15(20)10-6-2-3-7-11(10)16(17)21/h2-9H,1H3. The predicted molar refractivity (Wildman–Crippen MR) is 89.5 cm³/mol. The molecule has 5 nitrogen and oxygen atoms in total. The number of carbonyl (C=O) groups is 3. The molecule has 0 bridgehead atoms. The number of benzene rings is 2. The molecule has 0 fully saturated rings. The molecular weight excluding hydrogens is 376 g/mol. The van der Waals surface area contributed by atoms with Crippen LogP contribution >= 0.6 is 15.9 Å². The molecule has 0 heterocycles. The largest absolute Gasteiger partial charge is 0.465 e. The lowest BCUT2D eigenvalue weighted by atomic mass is 9.93. The number of esters is 1. The van der Waals surface area contributed by atoms with Crippen molar-refractivity contribution in [2.24, 2.45) is 0 Å². The predicted octanol–water partition coefficient (Wildman–Crippen LogP) is 3.54. The van der Waals surface area contributed by atoms with E-state index in [-0.39, 0.29) is 32.9 Å². The minimum atomic E-state index is -0.600. The summed E-state index contributed by atoms with van der Waals surface area (Å²) in [7, 11) is 1.25. The molecule has 0 amide bonds. The van der Waals surface area contributed by atoms with Crippen LogP contribution in [0.1, 0.15) is 31.1 Å². The van der Waals surface area contributed by atoms with Crippen LogP contribution in [0.5, 0.6) is 5.75 Å². The Balaban J connectivity index is 2.06. The Morgan fingerprint density at radius 3 is 2.17 bits per heavy atom. The number of hydrogen-bond donors (Lipinski definition) is 0. The molecule has 1 aliphatic rings. The van der Waals surface area contributed by atoms with Crippen LogP contribution in [0.3, 0.4) is 0 Å². The Morgan fingerprint density at radius 1 is 0.917 bits per heavy atom. The van der Waals surface area contributed by atoms with Gasteiger partial charge in [-0.15, -0.1) is 0 Å². The molecule has 0 N–H and O–H groups in total. The molecule has 6 heteroatoms. The smallest absolute Gasteiger partial charge is 0.341 e. The molecule has 0 saturated heterocycles. The van der Waals surface area contributed by atoms with E-state index >= 15 is 0 Å². The fourth-order valence-corrected chi connectivity index (χ4v) is 2.83. The maximum absolute atomic E-state index is 12.6. The number of halogens is 1. The van der Waals surface area contributed by atoms with Gasteiger partial charge < -0.3 is 9.47 Å². The molecule has 0 spiro atoms. The van der Waals surface area contributed by atoms with Crippen molar-refractivity contribution in [3.63, 3.8) is 0 Å². The summed E-state index contributed by atoms with van der Waals surface area (Å²) in [5, 5.41) is 0. The summed E-state index contributed by atoms with van der Waals surface area (Å²) >= 11 is 3.13. The topological polar surface area (TPSA) is 69.7 Å². The normalized spacial score (nSPS) is 13.6. The van der Waals surface area contributed by atoms with E-state index in [1.54, 1.807) is 36.4 Å². The Labute approximate surface area is 146 Å². The van der Waals surface area contributed by atoms with Crippen molar-refractivity contribution in [2.45, 2.75) is 0 Å². The Kier molecular flexibility index (Phi) is 4.31. The van der Waals surface area contributed by atoms with Gasteiger partial charge in [-0.25, -0.2) is 4.79 Å². The van der Waals surface area contributed by atoms with Gasteiger partial charge in [-0.1, -0.05) is 36.4 Å². The van der Waals surface area contributed by atoms with Crippen molar-refractivity contribution in [1.82, 2.24) is 0 Å². The van der Waals surface area contributed by atoms with Gasteiger partial charge in [0.2, 0.25) is 11.6 Å². The van der Waals surface area contributed by atoms with Gasteiger partial charge in [0.1, 0.15) is 15.8 Å². The molecule has 0 aromatic heterocycles. The fraction of sp³-hybridized carbons (Fsp3) is 0.0556. The second-order valence-corrected chi connectivity index (χ2v) is 5.73. The summed E-state index contributed by atoms with van der Waals surface area (Å²) in [4.78, 5) is 36.9. The summed E-state index contributed by atoms with van der Waals surface area (Å²) in [6.45, 7) is 0. The monoisotopic (exact) mass is 386 g/mol. The van der Waals surface area contributed by atoms with Crippen LogP contribution in [0.25, 0.3) is 0 Å². The number of ether oxygens (including phenoxy) is 2. The molecule has 24 heavy (non-hydrogen) atoms. The quantitative estimate of drug-likeness (QED) is 0.754. The first-order valence-electron chi connectivity index (χ1n) is 6.98. The second-order valence-electron chi connectivity index (χ2n) is 4.94. The summed E-state index contributed by atoms with van der Waals surface area (Å²) in [5.74, 6) is -1.41. The molecule has 2 aromatic rings. The van der Waals surface area contributed by atoms with Crippen molar-refractivity contribution >= 4 is 33.5 Å². The van der Waals surface area contributed by atoms with Crippen molar-refractivity contribution in [1.29, 1.82) is 0 Å². The van der Waals surface area contributed by atoms with Crippen LogP contribution in [0, 0.1) is 0 Å². The van der Waals surface area contributed by atoms with E-state index in [0.717, 1.165) is 0 Å². The van der Waals surface area contributed by atoms with Gasteiger partial charge >= 0.3 is 5.97 Å². The van der Waals surface area contributed by atoms with Crippen LogP contribution in [-0.4, -0.2) is 24.6 Å². The number of hydrogen-bond acceptors (Lipinski definition) is 5. The Bertz CT molecular complexity index is 898. The number of carbonyl (C=O) groups excluding carboxylic acids is 3. The van der Waals surface area contributed by atoms with E-state index in [9.17, 15) is 14.4 Å². The van der Waals surface area contributed by atoms with Crippen LogP contribution in [0.4, 0.5) is 0 Å². The molecule has 0 aliphatic heterocycles. The van der Waals surface area contributed by atoms with Crippen molar-refractivity contribution in [3.8, 4) is 5.75 Å². The first-order chi connectivity index (χ1) is 11.5. The molecule has 0 atom stereocenters. The maximum atomic E-state index is 12.6. The summed E-state index contributed by atoms with van der Waals surface area (Å²) in [6.07, 6.45) is 0. The summed E-state index contributed by atoms with van der Waals surface area (Å²) < 4.78 is 10.3. The highest BCUT2D eigenvalue weighted by molar-refractivity contribution is 9.12. The van der Waals surface area contributed by atoms with Crippen LogP contribution in [0.15, 0.2) is 58.8 Å². The minimum absolute atomic E-state index is 0.0193. The van der Waals surface area contributed by atoms with Gasteiger partial charge in [-0.3, -0.25) is 9.59 Å². The van der Waals surface area contributed by atoms with E-state index in [1.807, 2.05) is 0 Å². The van der Waals surface area contributed by atoms with E-state index in [0.29, 0.717) is 5.56 Å². The lowest BCUT2D eigenvalue weighted by molar-refractivity contribution is 0.0596. The third-order valence-corrected chi connectivity index (χ3v) is 4.25. The van der Waals surface area contributed by atoms with Crippen molar-refractivity contribution in [3.05, 3.63) is 75.5 Å². The van der Waals surface area contributed by atoms with Gasteiger partial charge in [0.15, 0.2) is 5.76 Å². The summed E-state index contributed by atoms with van der Waals surface area (Å²) in [6, 6.07) is 12.8. The van der Waals surface area contributed by atoms with Gasteiger partial charge in [0.25, 0.3) is 0 Å². The number of methoxy groups -OCH3 is 1. The maximum Gasteiger partial charge on any atom is 0.341 e. The zero-order valence-corrected chi connectivity index (χ0v) is 14.1. The third-order valence-electron chi connectivity index (χ3n) is 3.53. The third kappa shape index (κ3) is 2.65. The van der Waals surface area contributed by atoms with Gasteiger partial charge in [-0.2, -0.15) is 0 Å². The molecule has 120 valence electrons. The Hall–Kier alpha value is -2.73. The van der Waals surface area contributed by atoms with E-state index in [2.05, 4.69) is 15.9 Å². The highest BCUT2D eigenvalue weighted by Crippen LogP contribution is 2.32. The zero-order chi connectivity index (χ0) is 17.3. The minimum Gasteiger partial charge on any atom is -0.465 e. The molecule has 0 saturated carbocycles. The fourth-order valence-electron chi connectivity index (χ4n) is 2.36. The molecule has 0 radical (unpaired) electrons. The van der Waals surface area contributed by atoms with E-state index in [4.69, 9.17) is 9.47 Å². The number of para-hydroxylation sites is 1. The van der Waals surface area contributed by atoms with E-state index in [1.165, 1.54) is 19.2 Å². The number of fused-ring (bicyclic) bond motifs is 1. The first-order valence-corrected chi connectivity index (χ1v) is 7.77. The first kappa shape index (κ1) is 16.1. The van der Waals surface area contributed by atoms with Crippen LogP contribution in [-0.2, 0) is 4.74 Å². The molecule has 2 aromatic carbocycles. The number of allylic oxidation sites excluding steroid dienone is 2. The van der Waals surface area contributed by atoms with Crippen LogP contribution < -0.4 is 4.74 Å². The highest BCUT2D eigenvalue weighted by Gasteiger charge is 2.33. The lowest BCUT2D eigenvalue weighted by Gasteiger charge is -2.19. The van der Waals surface area contributed by atoms with Gasteiger partial charge in [0.05, 0.1) is 7.11 Å². The summed E-state index contributed by atoms with van der Waals surface area (Å²) in [5.41, 5.74) is 0.728. The average Bonchev–Trinajstić information content (AvgIpc) is 2.63. The number of rotatable bonds is 3. The lowest BCUT2D eigenvalue weighted by Crippen LogP contribution is -2.23. The second kappa shape index (κ2) is 6.41.